The van der Waals surface area contributed by atoms with Crippen molar-refractivity contribution in [2.24, 2.45) is 5.92 Å². The molecule has 0 saturated heterocycles. The molecule has 3 N–H and O–H groups in total. The van der Waals surface area contributed by atoms with Gasteiger partial charge in [-0.15, -0.1) is 0 Å². The van der Waals surface area contributed by atoms with E-state index in [0.29, 0.717) is 11.6 Å². The van der Waals surface area contributed by atoms with Gasteiger partial charge >= 0.3 is 0 Å². The molecule has 0 atom stereocenters. The minimum atomic E-state index is 0.00926. The predicted octanol–water partition coefficient (Wildman–Crippen LogP) is 0.772. The van der Waals surface area contributed by atoms with Crippen LogP contribution in [0.25, 0.3) is 0 Å². The number of nitrogens with two attached hydrogens (primary N) is 1. The van der Waals surface area contributed by atoms with Crippen molar-refractivity contribution in [3.63, 3.8) is 0 Å². The van der Waals surface area contributed by atoms with Gasteiger partial charge in [0.15, 0.2) is 0 Å². The summed E-state index contributed by atoms with van der Waals surface area (Å²) in [6.07, 6.45) is 8.30. The number of aromatic nitrogens is 2. The molecule has 2 rings (SSSR count). The quantitative estimate of drug-likeness (QED) is 0.790. The Morgan fingerprint density at radius 1 is 1.56 bits per heavy atom. The largest absolute Gasteiger partial charge is 0.396 e. The molecule has 1 amide bonds. The molecule has 0 unspecified atom stereocenters. The van der Waals surface area contributed by atoms with Crippen molar-refractivity contribution in [2.45, 2.75) is 32.2 Å². The number of hydrogen-bond donors (Lipinski definition) is 2. The molecular formula is C11H18N4O. The first kappa shape index (κ1) is 11.0. The summed E-state index contributed by atoms with van der Waals surface area (Å²) in [5.41, 5.74) is 6.10. The van der Waals surface area contributed by atoms with Gasteiger partial charge < -0.3 is 11.1 Å². The van der Waals surface area contributed by atoms with Crippen molar-refractivity contribution in [3.8, 4) is 0 Å². The number of carbonyl (C=O) groups is 1. The summed E-state index contributed by atoms with van der Waals surface area (Å²) in [5, 5.41) is 6.91. The van der Waals surface area contributed by atoms with E-state index in [1.54, 1.807) is 17.1 Å². The zero-order chi connectivity index (χ0) is 11.4. The Hall–Kier alpha value is -1.52. The molecule has 1 heterocycles. The van der Waals surface area contributed by atoms with Gasteiger partial charge in [-0.25, -0.2) is 0 Å². The highest BCUT2D eigenvalue weighted by Gasteiger charge is 2.15. The van der Waals surface area contributed by atoms with Crippen molar-refractivity contribution >= 4 is 11.6 Å². The van der Waals surface area contributed by atoms with E-state index in [9.17, 15) is 4.79 Å². The highest BCUT2D eigenvalue weighted by Crippen LogP contribution is 2.23. The first-order chi connectivity index (χ1) is 7.74. The SMILES string of the molecule is Nc1cnn(CC(=O)NCC2CCCC2)c1. The Morgan fingerprint density at radius 2 is 2.31 bits per heavy atom. The highest BCUT2D eigenvalue weighted by atomic mass is 16.2. The minimum Gasteiger partial charge on any atom is -0.396 e. The number of anilines is 1. The molecule has 0 radical (unpaired) electrons. The number of rotatable bonds is 4. The van der Waals surface area contributed by atoms with Crippen LogP contribution >= 0.6 is 0 Å². The molecule has 16 heavy (non-hydrogen) atoms. The highest BCUT2D eigenvalue weighted by molar-refractivity contribution is 5.75. The van der Waals surface area contributed by atoms with Crippen LogP contribution < -0.4 is 11.1 Å². The van der Waals surface area contributed by atoms with Gasteiger partial charge in [0.05, 0.1) is 11.9 Å². The molecule has 0 bridgehead atoms. The first-order valence-corrected chi connectivity index (χ1v) is 5.78. The molecule has 0 spiro atoms. The van der Waals surface area contributed by atoms with Crippen LogP contribution in [0.2, 0.25) is 0 Å². The van der Waals surface area contributed by atoms with E-state index in [1.165, 1.54) is 25.7 Å². The van der Waals surface area contributed by atoms with Gasteiger partial charge in [-0.05, 0) is 18.8 Å². The lowest BCUT2D eigenvalue weighted by Crippen LogP contribution is -2.31. The van der Waals surface area contributed by atoms with Crippen LogP contribution in [0.5, 0.6) is 0 Å². The van der Waals surface area contributed by atoms with Crippen molar-refractivity contribution in [1.82, 2.24) is 15.1 Å². The normalized spacial score (nSPS) is 16.5. The van der Waals surface area contributed by atoms with Crippen molar-refractivity contribution in [1.29, 1.82) is 0 Å². The van der Waals surface area contributed by atoms with Gasteiger partial charge in [-0.3, -0.25) is 9.48 Å². The second kappa shape index (κ2) is 5.01. The first-order valence-electron chi connectivity index (χ1n) is 5.78. The summed E-state index contributed by atoms with van der Waals surface area (Å²) < 4.78 is 1.55. The maximum Gasteiger partial charge on any atom is 0.241 e. The molecule has 1 aliphatic rings. The summed E-state index contributed by atoms with van der Waals surface area (Å²) in [6.45, 7) is 1.06. The van der Waals surface area contributed by atoms with E-state index in [4.69, 9.17) is 5.73 Å². The lowest BCUT2D eigenvalue weighted by atomic mass is 10.1. The standard InChI is InChI=1S/C11H18N4O/c12-10-6-14-15(7-10)8-11(16)13-5-9-3-1-2-4-9/h6-7,9H,1-5,8,12H2,(H,13,16). The summed E-state index contributed by atoms with van der Waals surface area (Å²) in [7, 11) is 0. The molecule has 1 aliphatic carbocycles. The van der Waals surface area contributed by atoms with Gasteiger partial charge in [0, 0.05) is 12.7 Å². The number of nitrogens with zero attached hydrogens (tertiary/aromatic N) is 2. The second-order valence-corrected chi connectivity index (χ2v) is 4.43. The molecule has 1 aromatic heterocycles. The number of amides is 1. The predicted molar refractivity (Wildman–Crippen MR) is 61.6 cm³/mol. The fourth-order valence-corrected chi connectivity index (χ4v) is 2.14. The lowest BCUT2D eigenvalue weighted by molar-refractivity contribution is -0.122. The van der Waals surface area contributed by atoms with Crippen molar-refractivity contribution in [3.05, 3.63) is 12.4 Å². The van der Waals surface area contributed by atoms with E-state index < -0.39 is 0 Å². The molecule has 88 valence electrons. The monoisotopic (exact) mass is 222 g/mol. The number of nitrogen functional groups attached to an aromatic ring is 1. The number of hydrogen-bond acceptors (Lipinski definition) is 3. The Labute approximate surface area is 95.0 Å². The molecular weight excluding hydrogens is 204 g/mol. The average molecular weight is 222 g/mol. The van der Waals surface area contributed by atoms with Gasteiger partial charge in [-0.2, -0.15) is 5.10 Å². The van der Waals surface area contributed by atoms with E-state index in [0.717, 1.165) is 6.54 Å². The molecule has 5 nitrogen and oxygen atoms in total. The third-order valence-corrected chi connectivity index (χ3v) is 3.02. The van der Waals surface area contributed by atoms with E-state index in [2.05, 4.69) is 10.4 Å². The van der Waals surface area contributed by atoms with Gasteiger partial charge in [0.1, 0.15) is 6.54 Å². The summed E-state index contributed by atoms with van der Waals surface area (Å²) in [6, 6.07) is 0. The molecule has 1 aromatic rings. The maximum absolute atomic E-state index is 11.6. The van der Waals surface area contributed by atoms with Crippen LogP contribution in [0, 0.1) is 5.92 Å². The number of carbonyl (C=O) groups excluding carboxylic acids is 1. The van der Waals surface area contributed by atoms with Crippen LogP contribution in [0.15, 0.2) is 12.4 Å². The third kappa shape index (κ3) is 2.98. The van der Waals surface area contributed by atoms with Crippen LogP contribution in [-0.2, 0) is 11.3 Å². The van der Waals surface area contributed by atoms with Crippen molar-refractivity contribution in [2.75, 3.05) is 12.3 Å². The summed E-state index contributed by atoms with van der Waals surface area (Å²) in [4.78, 5) is 11.6. The van der Waals surface area contributed by atoms with Gasteiger partial charge in [-0.1, -0.05) is 12.8 Å². The van der Waals surface area contributed by atoms with E-state index >= 15 is 0 Å². The second-order valence-electron chi connectivity index (χ2n) is 4.43. The fourth-order valence-electron chi connectivity index (χ4n) is 2.14. The third-order valence-electron chi connectivity index (χ3n) is 3.02. The van der Waals surface area contributed by atoms with E-state index in [-0.39, 0.29) is 12.5 Å². The Bertz CT molecular complexity index is 355. The van der Waals surface area contributed by atoms with Crippen LogP contribution in [-0.4, -0.2) is 22.2 Å². The van der Waals surface area contributed by atoms with Crippen molar-refractivity contribution < 1.29 is 4.79 Å². The Kier molecular flexibility index (Phi) is 3.44. The van der Waals surface area contributed by atoms with Crippen LogP contribution in [0.4, 0.5) is 5.69 Å². The number of nitrogens with one attached hydrogen (secondary N) is 1. The fraction of sp³-hybridized carbons (Fsp3) is 0.636. The Morgan fingerprint density at radius 3 is 2.94 bits per heavy atom. The summed E-state index contributed by atoms with van der Waals surface area (Å²) in [5.74, 6) is 0.682. The van der Waals surface area contributed by atoms with Gasteiger partial charge in [0.2, 0.25) is 5.91 Å². The molecule has 1 fully saturated rings. The zero-order valence-corrected chi connectivity index (χ0v) is 9.35. The maximum atomic E-state index is 11.6. The van der Waals surface area contributed by atoms with E-state index in [1.807, 2.05) is 0 Å². The van der Waals surface area contributed by atoms with Gasteiger partial charge in [0.25, 0.3) is 0 Å². The minimum absolute atomic E-state index is 0.00926. The smallest absolute Gasteiger partial charge is 0.241 e. The van der Waals surface area contributed by atoms with Crippen LogP contribution in [0.1, 0.15) is 25.7 Å². The average Bonchev–Trinajstić information content (AvgIpc) is 2.87. The molecule has 0 aromatic carbocycles. The topological polar surface area (TPSA) is 72.9 Å². The molecule has 0 aliphatic heterocycles. The molecule has 1 saturated carbocycles. The summed E-state index contributed by atoms with van der Waals surface area (Å²) >= 11 is 0. The Balaban J connectivity index is 1.71. The van der Waals surface area contributed by atoms with Crippen LogP contribution in [0.3, 0.4) is 0 Å². The lowest BCUT2D eigenvalue weighted by Gasteiger charge is -2.10. The zero-order valence-electron chi connectivity index (χ0n) is 9.35. The molecule has 5 heteroatoms.